The average Bonchev–Trinajstić information content (AvgIpc) is 2.29. The molecule has 0 aliphatic rings. The highest BCUT2D eigenvalue weighted by Crippen LogP contribution is 2.12. The highest BCUT2D eigenvalue weighted by atomic mass is 16.5. The van der Waals surface area contributed by atoms with Gasteiger partial charge in [-0.1, -0.05) is 6.07 Å². The van der Waals surface area contributed by atoms with Crippen molar-refractivity contribution in [3.63, 3.8) is 0 Å². The van der Waals surface area contributed by atoms with E-state index in [4.69, 9.17) is 5.26 Å². The van der Waals surface area contributed by atoms with Gasteiger partial charge in [-0.25, -0.2) is 4.79 Å². The number of aryl methyl sites for hydroxylation is 1. The Morgan fingerprint density at radius 1 is 1.44 bits per heavy atom. The number of benzene rings is 1. The fourth-order valence-electron chi connectivity index (χ4n) is 1.24. The quantitative estimate of drug-likeness (QED) is 0.438. The van der Waals surface area contributed by atoms with E-state index in [0.717, 1.165) is 0 Å². The summed E-state index contributed by atoms with van der Waals surface area (Å²) in [5, 5.41) is 8.70. The zero-order valence-electron chi connectivity index (χ0n) is 9.11. The Hall–Kier alpha value is -2.15. The molecule has 0 unspecified atom stereocenters. The molecule has 0 atom stereocenters. The lowest BCUT2D eigenvalue weighted by molar-refractivity contribution is -0.137. The fraction of sp³-hybridized carbons (Fsp3) is 0.250. The van der Waals surface area contributed by atoms with Gasteiger partial charge in [-0.15, -0.1) is 0 Å². The van der Waals surface area contributed by atoms with E-state index in [9.17, 15) is 9.59 Å². The van der Waals surface area contributed by atoms with E-state index in [1.165, 1.54) is 6.07 Å². The van der Waals surface area contributed by atoms with Crippen LogP contribution in [0.1, 0.15) is 28.4 Å². The van der Waals surface area contributed by atoms with Gasteiger partial charge in [-0.05, 0) is 31.5 Å². The SMILES string of the molecule is CCOC(=O)C(=O)c1cc(C#N)ccc1C. The molecule has 0 saturated carbocycles. The number of rotatable bonds is 3. The first-order valence-corrected chi connectivity index (χ1v) is 4.82. The summed E-state index contributed by atoms with van der Waals surface area (Å²) in [4.78, 5) is 22.9. The van der Waals surface area contributed by atoms with Gasteiger partial charge in [0.2, 0.25) is 0 Å². The Bertz CT molecular complexity index is 472. The molecule has 82 valence electrons. The topological polar surface area (TPSA) is 67.2 Å². The van der Waals surface area contributed by atoms with Crippen molar-refractivity contribution in [2.24, 2.45) is 0 Å². The number of hydrogen-bond donors (Lipinski definition) is 0. The minimum atomic E-state index is -0.888. The molecule has 0 fully saturated rings. The van der Waals surface area contributed by atoms with Gasteiger partial charge in [-0.3, -0.25) is 4.79 Å². The third-order valence-corrected chi connectivity index (χ3v) is 2.07. The number of hydrogen-bond acceptors (Lipinski definition) is 4. The van der Waals surface area contributed by atoms with Crippen LogP contribution in [0.25, 0.3) is 0 Å². The minimum absolute atomic E-state index is 0.154. The van der Waals surface area contributed by atoms with Crippen LogP contribution in [0.4, 0.5) is 0 Å². The summed E-state index contributed by atoms with van der Waals surface area (Å²) in [5.41, 5.74) is 1.22. The normalized spacial score (nSPS) is 9.31. The standard InChI is InChI=1S/C12H11NO3/c1-3-16-12(15)11(14)10-6-9(7-13)5-4-8(10)2/h4-6H,3H2,1-2H3. The van der Waals surface area contributed by atoms with E-state index in [2.05, 4.69) is 4.74 Å². The predicted molar refractivity (Wildman–Crippen MR) is 56.9 cm³/mol. The number of Topliss-reactive ketones (excluding diaryl/α,β-unsaturated/α-hetero) is 1. The van der Waals surface area contributed by atoms with Gasteiger partial charge in [0.1, 0.15) is 0 Å². The molecule has 4 heteroatoms. The fourth-order valence-corrected chi connectivity index (χ4v) is 1.24. The maximum atomic E-state index is 11.6. The summed E-state index contributed by atoms with van der Waals surface area (Å²) >= 11 is 0. The molecule has 0 aliphatic heterocycles. The maximum absolute atomic E-state index is 11.6. The van der Waals surface area contributed by atoms with E-state index in [1.54, 1.807) is 26.0 Å². The molecule has 0 amide bonds. The van der Waals surface area contributed by atoms with E-state index in [-0.39, 0.29) is 12.2 Å². The molecule has 4 nitrogen and oxygen atoms in total. The zero-order chi connectivity index (χ0) is 12.1. The predicted octanol–water partition coefficient (Wildman–Crippen LogP) is 1.61. The molecular weight excluding hydrogens is 206 g/mol. The number of nitriles is 1. The third-order valence-electron chi connectivity index (χ3n) is 2.07. The van der Waals surface area contributed by atoms with E-state index in [1.807, 2.05) is 6.07 Å². The molecule has 1 rings (SSSR count). The highest BCUT2D eigenvalue weighted by molar-refractivity contribution is 6.41. The van der Waals surface area contributed by atoms with Gasteiger partial charge in [0, 0.05) is 5.56 Å². The van der Waals surface area contributed by atoms with Gasteiger partial charge >= 0.3 is 5.97 Å². The summed E-state index contributed by atoms with van der Waals surface area (Å²) in [6.45, 7) is 3.49. The van der Waals surface area contributed by atoms with Crippen LogP contribution in [-0.4, -0.2) is 18.4 Å². The first-order valence-electron chi connectivity index (χ1n) is 4.82. The second kappa shape index (κ2) is 5.08. The smallest absolute Gasteiger partial charge is 0.379 e. The van der Waals surface area contributed by atoms with Crippen LogP contribution in [0.2, 0.25) is 0 Å². The molecule has 0 saturated heterocycles. The zero-order valence-corrected chi connectivity index (χ0v) is 9.11. The van der Waals surface area contributed by atoms with Gasteiger partial charge in [0.25, 0.3) is 5.78 Å². The molecule has 1 aromatic carbocycles. The van der Waals surface area contributed by atoms with Crippen molar-refractivity contribution in [2.75, 3.05) is 6.61 Å². The second-order valence-corrected chi connectivity index (χ2v) is 3.19. The summed E-state index contributed by atoms with van der Waals surface area (Å²) in [5.74, 6) is -1.60. The van der Waals surface area contributed by atoms with Gasteiger partial charge in [0.05, 0.1) is 18.2 Å². The van der Waals surface area contributed by atoms with Crippen molar-refractivity contribution in [3.8, 4) is 6.07 Å². The first kappa shape index (κ1) is 11.9. The van der Waals surface area contributed by atoms with Crippen LogP contribution in [0.3, 0.4) is 0 Å². The molecule has 0 bridgehead atoms. The van der Waals surface area contributed by atoms with Crippen LogP contribution in [0, 0.1) is 18.3 Å². The number of nitrogens with zero attached hydrogens (tertiary/aromatic N) is 1. The van der Waals surface area contributed by atoms with E-state index >= 15 is 0 Å². The summed E-state index contributed by atoms with van der Waals surface area (Å²) < 4.78 is 4.62. The molecule has 0 spiro atoms. The largest absolute Gasteiger partial charge is 0.460 e. The number of ether oxygens (including phenoxy) is 1. The summed E-state index contributed by atoms with van der Waals surface area (Å²) in [6.07, 6.45) is 0. The molecule has 16 heavy (non-hydrogen) atoms. The van der Waals surface area contributed by atoms with E-state index < -0.39 is 11.8 Å². The Kier molecular flexibility index (Phi) is 3.78. The number of ketones is 1. The van der Waals surface area contributed by atoms with E-state index in [0.29, 0.717) is 11.1 Å². The lowest BCUT2D eigenvalue weighted by atomic mass is 10.0. The number of carbonyl (C=O) groups excluding carboxylic acids is 2. The lowest BCUT2D eigenvalue weighted by Crippen LogP contribution is -2.18. The molecule has 0 radical (unpaired) electrons. The van der Waals surface area contributed by atoms with Gasteiger partial charge < -0.3 is 4.74 Å². The summed E-state index contributed by atoms with van der Waals surface area (Å²) in [7, 11) is 0. The first-order chi connectivity index (χ1) is 7.60. The highest BCUT2D eigenvalue weighted by Gasteiger charge is 2.19. The molecule has 1 aromatic rings. The van der Waals surface area contributed by atoms with Crippen molar-refractivity contribution in [2.45, 2.75) is 13.8 Å². The van der Waals surface area contributed by atoms with Crippen LogP contribution in [0.5, 0.6) is 0 Å². The van der Waals surface area contributed by atoms with Gasteiger partial charge in [-0.2, -0.15) is 5.26 Å². The van der Waals surface area contributed by atoms with Gasteiger partial charge in [0.15, 0.2) is 0 Å². The maximum Gasteiger partial charge on any atom is 0.379 e. The third kappa shape index (κ3) is 2.45. The number of carbonyl (C=O) groups is 2. The average molecular weight is 217 g/mol. The Labute approximate surface area is 93.5 Å². The Morgan fingerprint density at radius 3 is 2.69 bits per heavy atom. The monoisotopic (exact) mass is 217 g/mol. The van der Waals surface area contributed by atoms with Crippen LogP contribution < -0.4 is 0 Å². The lowest BCUT2D eigenvalue weighted by Gasteiger charge is -2.04. The number of esters is 1. The minimum Gasteiger partial charge on any atom is -0.460 e. The molecule has 0 heterocycles. The second-order valence-electron chi connectivity index (χ2n) is 3.19. The molecule has 0 aromatic heterocycles. The summed E-state index contributed by atoms with van der Waals surface area (Å²) in [6, 6.07) is 6.54. The Balaban J connectivity index is 3.08. The van der Waals surface area contributed by atoms with Crippen LogP contribution in [0.15, 0.2) is 18.2 Å². The molecular formula is C12H11NO3. The van der Waals surface area contributed by atoms with Crippen LogP contribution in [-0.2, 0) is 9.53 Å². The van der Waals surface area contributed by atoms with Crippen molar-refractivity contribution in [3.05, 3.63) is 34.9 Å². The Morgan fingerprint density at radius 2 is 2.12 bits per heavy atom. The molecule has 0 aliphatic carbocycles. The molecule has 0 N–H and O–H groups in total. The van der Waals surface area contributed by atoms with Crippen molar-refractivity contribution in [1.82, 2.24) is 0 Å². The van der Waals surface area contributed by atoms with Crippen LogP contribution >= 0.6 is 0 Å². The van der Waals surface area contributed by atoms with Crippen molar-refractivity contribution >= 4 is 11.8 Å². The van der Waals surface area contributed by atoms with Crippen molar-refractivity contribution < 1.29 is 14.3 Å². The van der Waals surface area contributed by atoms with Crippen molar-refractivity contribution in [1.29, 1.82) is 5.26 Å².